The molecular formula is C9H15O2P. The third-order valence-corrected chi connectivity index (χ3v) is 6.31. The highest BCUT2D eigenvalue weighted by atomic mass is 31.2. The van der Waals surface area contributed by atoms with Gasteiger partial charge in [0.2, 0.25) is 0 Å². The quantitative estimate of drug-likeness (QED) is 0.587. The smallest absolute Gasteiger partial charge is 0.146 e. The van der Waals surface area contributed by atoms with E-state index in [0.717, 1.165) is 6.42 Å². The Morgan fingerprint density at radius 1 is 1.50 bits per heavy atom. The van der Waals surface area contributed by atoms with Crippen molar-refractivity contribution in [3.8, 4) is 0 Å². The second-order valence-electron chi connectivity index (χ2n) is 4.69. The van der Waals surface area contributed by atoms with Gasteiger partial charge in [-0.3, -0.25) is 4.79 Å². The highest BCUT2D eigenvalue weighted by Crippen LogP contribution is 2.75. The van der Waals surface area contributed by atoms with Gasteiger partial charge in [-0.1, -0.05) is 6.92 Å². The fourth-order valence-electron chi connectivity index (χ4n) is 2.80. The molecule has 12 heavy (non-hydrogen) atoms. The molecule has 0 bridgehead atoms. The predicted octanol–water partition coefficient (Wildman–Crippen LogP) is 1.98. The van der Waals surface area contributed by atoms with Crippen LogP contribution in [0.25, 0.3) is 0 Å². The summed E-state index contributed by atoms with van der Waals surface area (Å²) in [5, 5.41) is -0.355. The van der Waals surface area contributed by atoms with E-state index in [9.17, 15) is 9.36 Å². The van der Waals surface area contributed by atoms with Crippen LogP contribution in [0.15, 0.2) is 0 Å². The van der Waals surface area contributed by atoms with Crippen LogP contribution >= 0.6 is 7.14 Å². The Hall–Kier alpha value is -0.100. The van der Waals surface area contributed by atoms with Crippen molar-refractivity contribution in [1.29, 1.82) is 0 Å². The highest BCUT2D eigenvalue weighted by Gasteiger charge is 2.71. The second kappa shape index (κ2) is 2.04. The summed E-state index contributed by atoms with van der Waals surface area (Å²) in [5.74, 6) is 1.20. The summed E-state index contributed by atoms with van der Waals surface area (Å²) in [5.41, 5.74) is 0. The molecule has 0 saturated heterocycles. The Balaban J connectivity index is 2.39. The van der Waals surface area contributed by atoms with E-state index in [1.165, 1.54) is 0 Å². The third-order valence-electron chi connectivity index (χ3n) is 3.62. The minimum absolute atomic E-state index is 0.272. The molecule has 0 aromatic carbocycles. The van der Waals surface area contributed by atoms with Gasteiger partial charge in [-0.05, 0) is 31.6 Å². The van der Waals surface area contributed by atoms with Crippen LogP contribution in [0.3, 0.4) is 0 Å². The number of hydrogen-bond donors (Lipinski definition) is 0. The summed E-state index contributed by atoms with van der Waals surface area (Å²) in [6, 6.07) is 0. The molecule has 3 unspecified atom stereocenters. The van der Waals surface area contributed by atoms with Gasteiger partial charge in [0.15, 0.2) is 0 Å². The van der Waals surface area contributed by atoms with E-state index in [1.54, 1.807) is 13.3 Å². The molecule has 0 radical (unpaired) electrons. The molecule has 2 rings (SSSR count). The summed E-state index contributed by atoms with van der Waals surface area (Å²) in [6.45, 7) is 5.64. The molecule has 68 valence electrons. The van der Waals surface area contributed by atoms with E-state index in [1.807, 2.05) is 0 Å². The van der Waals surface area contributed by atoms with Crippen LogP contribution in [-0.2, 0) is 9.36 Å². The topological polar surface area (TPSA) is 34.1 Å². The zero-order valence-corrected chi connectivity index (χ0v) is 8.73. The summed E-state index contributed by atoms with van der Waals surface area (Å²) < 4.78 is 11.9. The fourth-order valence-corrected chi connectivity index (χ4v) is 5.18. The molecule has 0 aliphatic heterocycles. The van der Waals surface area contributed by atoms with E-state index in [2.05, 4.69) is 6.92 Å². The molecule has 2 saturated carbocycles. The van der Waals surface area contributed by atoms with Gasteiger partial charge in [0.05, 0.1) is 12.3 Å². The Morgan fingerprint density at radius 3 is 2.25 bits per heavy atom. The normalized spacial score (nSPS) is 46.1. The van der Waals surface area contributed by atoms with Crippen LogP contribution in [0, 0.1) is 11.8 Å². The predicted molar refractivity (Wildman–Crippen MR) is 49.1 cm³/mol. The van der Waals surface area contributed by atoms with Crippen LogP contribution < -0.4 is 0 Å². The molecule has 2 aliphatic carbocycles. The summed E-state index contributed by atoms with van der Waals surface area (Å²) in [7, 11) is -2.19. The van der Waals surface area contributed by atoms with Crippen molar-refractivity contribution in [2.24, 2.45) is 11.8 Å². The van der Waals surface area contributed by atoms with Crippen LogP contribution in [0.1, 0.15) is 19.8 Å². The average Bonchev–Trinajstić information content (AvgIpc) is 2.53. The van der Waals surface area contributed by atoms with E-state index in [4.69, 9.17) is 0 Å². The summed E-state index contributed by atoms with van der Waals surface area (Å²) in [4.78, 5) is 11.6. The molecule has 3 heteroatoms. The van der Waals surface area contributed by atoms with Crippen molar-refractivity contribution < 1.29 is 9.36 Å². The van der Waals surface area contributed by atoms with E-state index < -0.39 is 7.14 Å². The standard InChI is InChI=1S/C9H15O2P/c1-6-4-8(10)9(5-7(6)9)12(2,3)11/h6-7H,4-5H2,1-3H3. The van der Waals surface area contributed by atoms with Crippen molar-refractivity contribution in [1.82, 2.24) is 0 Å². The van der Waals surface area contributed by atoms with Gasteiger partial charge in [-0.2, -0.15) is 0 Å². The van der Waals surface area contributed by atoms with Gasteiger partial charge in [0.1, 0.15) is 5.78 Å². The molecule has 3 atom stereocenters. The molecule has 2 nitrogen and oxygen atoms in total. The first-order valence-electron chi connectivity index (χ1n) is 4.48. The van der Waals surface area contributed by atoms with Crippen LogP contribution in [0.4, 0.5) is 0 Å². The van der Waals surface area contributed by atoms with Gasteiger partial charge in [-0.15, -0.1) is 0 Å². The average molecular weight is 186 g/mol. The van der Waals surface area contributed by atoms with Crippen molar-refractivity contribution in [2.45, 2.75) is 24.9 Å². The molecule has 0 N–H and O–H groups in total. The molecule has 2 fully saturated rings. The van der Waals surface area contributed by atoms with Crippen molar-refractivity contribution in [3.63, 3.8) is 0 Å². The minimum atomic E-state index is -2.19. The first-order chi connectivity index (χ1) is 5.39. The van der Waals surface area contributed by atoms with Gasteiger partial charge >= 0.3 is 0 Å². The number of ketones is 1. The number of fused-ring (bicyclic) bond motifs is 1. The lowest BCUT2D eigenvalue weighted by molar-refractivity contribution is -0.118. The number of hydrogen-bond acceptors (Lipinski definition) is 2. The van der Waals surface area contributed by atoms with Crippen LogP contribution in [0.5, 0.6) is 0 Å². The first kappa shape index (κ1) is 8.50. The van der Waals surface area contributed by atoms with Gasteiger partial charge in [-0.25, -0.2) is 0 Å². The lowest BCUT2D eigenvalue weighted by atomic mass is 10.1. The van der Waals surface area contributed by atoms with E-state index >= 15 is 0 Å². The Kier molecular flexibility index (Phi) is 1.44. The molecule has 0 amide bonds. The fraction of sp³-hybridized carbons (Fsp3) is 0.889. The third kappa shape index (κ3) is 0.771. The highest BCUT2D eigenvalue weighted by molar-refractivity contribution is 7.65. The number of rotatable bonds is 1. The van der Waals surface area contributed by atoms with Crippen LogP contribution in [-0.4, -0.2) is 24.3 Å². The maximum absolute atomic E-state index is 11.9. The molecule has 0 aromatic heterocycles. The SMILES string of the molecule is CC1CC(=O)C2(P(C)(C)=O)CC12. The second-order valence-corrected chi connectivity index (χ2v) is 8.19. The van der Waals surface area contributed by atoms with Gasteiger partial charge < -0.3 is 4.57 Å². The number of carbonyl (C=O) groups excluding carboxylic acids is 1. The zero-order chi connectivity index (χ0) is 9.15. The number of Topliss-reactive ketones (excluding diaryl/α,β-unsaturated/α-hetero) is 1. The summed E-state index contributed by atoms with van der Waals surface area (Å²) in [6.07, 6.45) is 1.56. The largest absolute Gasteiger partial charge is 0.323 e. The van der Waals surface area contributed by atoms with E-state index in [0.29, 0.717) is 18.3 Å². The van der Waals surface area contributed by atoms with E-state index in [-0.39, 0.29) is 10.9 Å². The Morgan fingerprint density at radius 2 is 2.08 bits per heavy atom. The maximum atomic E-state index is 11.9. The lowest BCUT2D eigenvalue weighted by Gasteiger charge is -2.15. The van der Waals surface area contributed by atoms with Crippen molar-refractivity contribution in [2.75, 3.05) is 13.3 Å². The first-order valence-corrected chi connectivity index (χ1v) is 7.08. The Labute approximate surface area is 73.1 Å². The van der Waals surface area contributed by atoms with Crippen molar-refractivity contribution in [3.05, 3.63) is 0 Å². The number of carbonyl (C=O) groups is 1. The van der Waals surface area contributed by atoms with Gasteiger partial charge in [0.25, 0.3) is 0 Å². The lowest BCUT2D eigenvalue weighted by Crippen LogP contribution is -2.19. The zero-order valence-electron chi connectivity index (χ0n) is 7.83. The molecule has 0 heterocycles. The van der Waals surface area contributed by atoms with Crippen LogP contribution in [0.2, 0.25) is 0 Å². The molecular weight excluding hydrogens is 171 g/mol. The Bertz CT molecular complexity index is 291. The molecule has 0 spiro atoms. The minimum Gasteiger partial charge on any atom is -0.323 e. The maximum Gasteiger partial charge on any atom is 0.146 e. The molecule has 0 aromatic rings. The monoisotopic (exact) mass is 186 g/mol. The van der Waals surface area contributed by atoms with Gasteiger partial charge in [0, 0.05) is 6.42 Å². The summed E-state index contributed by atoms with van der Waals surface area (Å²) >= 11 is 0. The van der Waals surface area contributed by atoms with Crippen molar-refractivity contribution >= 4 is 12.9 Å². The molecule has 2 aliphatic rings.